The summed E-state index contributed by atoms with van der Waals surface area (Å²) < 4.78 is 3.36. The van der Waals surface area contributed by atoms with Crippen LogP contribution in [0.4, 0.5) is 0 Å². The van der Waals surface area contributed by atoms with Crippen molar-refractivity contribution in [3.05, 3.63) is 16.1 Å². The smallest absolute Gasteiger partial charge is 0.127 e. The molecular weight excluding hydrogens is 204 g/mol. The van der Waals surface area contributed by atoms with E-state index >= 15 is 0 Å². The Morgan fingerprint density at radius 3 is 3.00 bits per heavy atom. The van der Waals surface area contributed by atoms with Gasteiger partial charge in [-0.1, -0.05) is 0 Å². The highest BCUT2D eigenvalue weighted by Gasteiger charge is 2.15. The molecule has 1 aliphatic heterocycles. The highest BCUT2D eigenvalue weighted by molar-refractivity contribution is 9.10. The Hall–Kier alpha value is -0.310. The molecule has 2 heterocycles. The first kappa shape index (κ1) is 7.35. The molecule has 1 aromatic rings. The van der Waals surface area contributed by atoms with Crippen molar-refractivity contribution in [2.24, 2.45) is 0 Å². The molecule has 0 bridgehead atoms. The zero-order valence-corrected chi connectivity index (χ0v) is 8.19. The lowest BCUT2D eigenvalue weighted by Gasteiger charge is -2.15. The summed E-state index contributed by atoms with van der Waals surface area (Å²) in [6, 6.07) is 0. The number of aryl methyl sites for hydroxylation is 1. The Balaban J connectivity index is 2.52. The van der Waals surface area contributed by atoms with E-state index in [1.54, 1.807) is 0 Å². The van der Waals surface area contributed by atoms with E-state index in [4.69, 9.17) is 0 Å². The minimum absolute atomic E-state index is 1.05. The van der Waals surface area contributed by atoms with Crippen LogP contribution in [0.15, 0.2) is 4.60 Å². The van der Waals surface area contributed by atoms with E-state index < -0.39 is 0 Å². The van der Waals surface area contributed by atoms with E-state index in [9.17, 15) is 0 Å². The highest BCUT2D eigenvalue weighted by atomic mass is 79.9. The topological polar surface area (TPSA) is 17.8 Å². The van der Waals surface area contributed by atoms with Crippen LogP contribution in [0.2, 0.25) is 0 Å². The van der Waals surface area contributed by atoms with Crippen LogP contribution in [0.1, 0.15) is 24.4 Å². The van der Waals surface area contributed by atoms with Gasteiger partial charge in [0, 0.05) is 6.54 Å². The summed E-state index contributed by atoms with van der Waals surface area (Å²) in [6.45, 7) is 3.22. The molecule has 3 heteroatoms. The maximum atomic E-state index is 4.37. The molecule has 0 radical (unpaired) electrons. The lowest BCUT2D eigenvalue weighted by molar-refractivity contribution is 0.521. The van der Waals surface area contributed by atoms with Crippen LogP contribution >= 0.6 is 15.9 Å². The second kappa shape index (κ2) is 2.63. The van der Waals surface area contributed by atoms with Crippen molar-refractivity contribution < 1.29 is 0 Å². The van der Waals surface area contributed by atoms with Gasteiger partial charge < -0.3 is 4.57 Å². The largest absolute Gasteiger partial charge is 0.331 e. The highest BCUT2D eigenvalue weighted by Crippen LogP contribution is 2.23. The van der Waals surface area contributed by atoms with Gasteiger partial charge in [-0.2, -0.15) is 0 Å². The molecule has 0 spiro atoms. The zero-order chi connectivity index (χ0) is 7.84. The number of rotatable bonds is 0. The molecule has 0 fully saturated rings. The maximum absolute atomic E-state index is 4.37. The minimum atomic E-state index is 1.05. The van der Waals surface area contributed by atoms with Crippen molar-refractivity contribution in [2.45, 2.75) is 32.7 Å². The van der Waals surface area contributed by atoms with Crippen LogP contribution in [0.25, 0.3) is 0 Å². The van der Waals surface area contributed by atoms with Crippen molar-refractivity contribution in [3.63, 3.8) is 0 Å². The molecular formula is C8H11BrN2. The number of aromatic nitrogens is 2. The van der Waals surface area contributed by atoms with Gasteiger partial charge in [0.2, 0.25) is 0 Å². The monoisotopic (exact) mass is 214 g/mol. The van der Waals surface area contributed by atoms with E-state index in [2.05, 4.69) is 32.4 Å². The van der Waals surface area contributed by atoms with E-state index in [0.717, 1.165) is 17.0 Å². The maximum Gasteiger partial charge on any atom is 0.127 e. The Morgan fingerprint density at radius 1 is 1.45 bits per heavy atom. The number of fused-ring (bicyclic) bond motifs is 1. The standard InChI is InChI=1S/C8H11BrN2/c1-6-10-8(9)7-4-2-3-5-11(6)7/h2-5H2,1H3. The van der Waals surface area contributed by atoms with Crippen LogP contribution in [-0.2, 0) is 13.0 Å². The van der Waals surface area contributed by atoms with E-state index in [-0.39, 0.29) is 0 Å². The number of hydrogen-bond donors (Lipinski definition) is 0. The predicted molar refractivity (Wildman–Crippen MR) is 47.6 cm³/mol. The van der Waals surface area contributed by atoms with E-state index in [0.29, 0.717) is 0 Å². The number of halogens is 1. The molecule has 0 atom stereocenters. The Morgan fingerprint density at radius 2 is 2.27 bits per heavy atom. The molecule has 0 amide bonds. The summed E-state index contributed by atoms with van der Waals surface area (Å²) in [5.74, 6) is 1.14. The SMILES string of the molecule is Cc1nc(Br)c2n1CCCC2. The van der Waals surface area contributed by atoms with Crippen molar-refractivity contribution in [1.82, 2.24) is 9.55 Å². The second-order valence-corrected chi connectivity index (χ2v) is 3.76. The quantitative estimate of drug-likeness (QED) is 0.649. The fourth-order valence-electron chi connectivity index (χ4n) is 1.67. The molecule has 0 N–H and O–H groups in total. The lowest BCUT2D eigenvalue weighted by atomic mass is 10.1. The van der Waals surface area contributed by atoms with Crippen LogP contribution < -0.4 is 0 Å². The molecule has 60 valence electrons. The van der Waals surface area contributed by atoms with Crippen molar-refractivity contribution in [3.8, 4) is 0 Å². The third-order valence-electron chi connectivity index (χ3n) is 2.26. The molecule has 2 nitrogen and oxygen atoms in total. The third-order valence-corrected chi connectivity index (χ3v) is 2.89. The van der Waals surface area contributed by atoms with Crippen LogP contribution in [0, 0.1) is 6.92 Å². The van der Waals surface area contributed by atoms with Gasteiger partial charge in [-0.05, 0) is 42.1 Å². The lowest BCUT2D eigenvalue weighted by Crippen LogP contribution is -2.10. The first-order valence-electron chi connectivity index (χ1n) is 4.00. The summed E-state index contributed by atoms with van der Waals surface area (Å²) in [6.07, 6.45) is 3.79. The molecule has 2 rings (SSSR count). The van der Waals surface area contributed by atoms with Gasteiger partial charge >= 0.3 is 0 Å². The molecule has 0 unspecified atom stereocenters. The molecule has 0 aliphatic carbocycles. The molecule has 0 saturated heterocycles. The normalized spacial score (nSPS) is 16.5. The first-order chi connectivity index (χ1) is 5.29. The minimum Gasteiger partial charge on any atom is -0.331 e. The van der Waals surface area contributed by atoms with Crippen molar-refractivity contribution >= 4 is 15.9 Å². The van der Waals surface area contributed by atoms with Crippen LogP contribution in [-0.4, -0.2) is 9.55 Å². The third kappa shape index (κ3) is 1.11. The fraction of sp³-hybridized carbons (Fsp3) is 0.625. The summed E-state index contributed by atoms with van der Waals surface area (Å²) in [5.41, 5.74) is 1.38. The molecule has 1 aromatic heterocycles. The Bertz CT molecular complexity index is 251. The number of imidazole rings is 1. The van der Waals surface area contributed by atoms with E-state index in [1.165, 1.54) is 25.0 Å². The van der Waals surface area contributed by atoms with Crippen LogP contribution in [0.5, 0.6) is 0 Å². The first-order valence-corrected chi connectivity index (χ1v) is 4.80. The van der Waals surface area contributed by atoms with Gasteiger partial charge in [0.15, 0.2) is 0 Å². The summed E-state index contributed by atoms with van der Waals surface area (Å²) in [7, 11) is 0. The van der Waals surface area contributed by atoms with E-state index in [1.807, 2.05) is 0 Å². The van der Waals surface area contributed by atoms with Crippen LogP contribution in [0.3, 0.4) is 0 Å². The zero-order valence-electron chi connectivity index (χ0n) is 6.60. The fourth-order valence-corrected chi connectivity index (χ4v) is 2.34. The average molecular weight is 215 g/mol. The van der Waals surface area contributed by atoms with Gasteiger partial charge in [0.1, 0.15) is 10.4 Å². The average Bonchev–Trinajstić information content (AvgIpc) is 2.30. The summed E-state index contributed by atoms with van der Waals surface area (Å²) >= 11 is 3.47. The number of hydrogen-bond acceptors (Lipinski definition) is 1. The van der Waals surface area contributed by atoms with Gasteiger partial charge in [-0.15, -0.1) is 0 Å². The Labute approximate surface area is 74.8 Å². The predicted octanol–water partition coefficient (Wildman–Crippen LogP) is 2.29. The van der Waals surface area contributed by atoms with Gasteiger partial charge in [0.05, 0.1) is 5.69 Å². The second-order valence-electron chi connectivity index (χ2n) is 3.01. The van der Waals surface area contributed by atoms with Gasteiger partial charge in [-0.25, -0.2) is 4.98 Å². The summed E-state index contributed by atoms with van der Waals surface area (Å²) in [5, 5.41) is 0. The molecule has 11 heavy (non-hydrogen) atoms. The Kier molecular flexibility index (Phi) is 1.75. The molecule has 0 saturated carbocycles. The van der Waals surface area contributed by atoms with Crippen molar-refractivity contribution in [1.29, 1.82) is 0 Å². The molecule has 1 aliphatic rings. The summed E-state index contributed by atoms with van der Waals surface area (Å²) in [4.78, 5) is 4.37. The number of nitrogens with zero attached hydrogens (tertiary/aromatic N) is 2. The molecule has 0 aromatic carbocycles. The van der Waals surface area contributed by atoms with Crippen molar-refractivity contribution in [2.75, 3.05) is 0 Å². The van der Waals surface area contributed by atoms with Gasteiger partial charge in [0.25, 0.3) is 0 Å². The van der Waals surface area contributed by atoms with Gasteiger partial charge in [-0.3, -0.25) is 0 Å².